The molecule has 1 aliphatic rings. The van der Waals surface area contributed by atoms with Gasteiger partial charge in [0.2, 0.25) is 0 Å². The summed E-state index contributed by atoms with van der Waals surface area (Å²) < 4.78 is 0. The normalized spacial score (nSPS) is 23.3. The molecule has 1 saturated heterocycles. The summed E-state index contributed by atoms with van der Waals surface area (Å²) in [7, 11) is 0. The fraction of sp³-hybridized carbons (Fsp3) is 0.667. The minimum Gasteiger partial charge on any atom is -0.481 e. The number of hydrogen-bond donors (Lipinski definition) is 1. The summed E-state index contributed by atoms with van der Waals surface area (Å²) in [6, 6.07) is 0.146. The molecule has 0 aromatic carbocycles. The SMILES string of the molecule is C=C(Cl)CN1CCCC1CC(=O)O. The second kappa shape index (κ2) is 4.63. The van der Waals surface area contributed by atoms with E-state index in [9.17, 15) is 4.79 Å². The molecular weight excluding hydrogens is 190 g/mol. The minimum absolute atomic E-state index is 0.146. The molecule has 13 heavy (non-hydrogen) atoms. The van der Waals surface area contributed by atoms with Crippen LogP contribution in [0.5, 0.6) is 0 Å². The number of likely N-dealkylation sites (tertiary alicyclic amines) is 1. The molecule has 4 heteroatoms. The van der Waals surface area contributed by atoms with Crippen LogP contribution in [0.2, 0.25) is 0 Å². The lowest BCUT2D eigenvalue weighted by molar-refractivity contribution is -0.138. The predicted octanol–water partition coefficient (Wildman–Crippen LogP) is 1.68. The van der Waals surface area contributed by atoms with Crippen LogP contribution in [-0.2, 0) is 4.79 Å². The molecule has 0 aromatic heterocycles. The number of carboxylic acid groups (broad SMARTS) is 1. The second-order valence-corrected chi connectivity index (χ2v) is 3.92. The smallest absolute Gasteiger partial charge is 0.304 e. The molecule has 0 bridgehead atoms. The molecular formula is C9H14ClNO2. The van der Waals surface area contributed by atoms with Crippen molar-refractivity contribution in [3.05, 3.63) is 11.6 Å². The molecule has 3 nitrogen and oxygen atoms in total. The van der Waals surface area contributed by atoms with E-state index in [1.54, 1.807) is 0 Å². The van der Waals surface area contributed by atoms with E-state index in [0.29, 0.717) is 11.6 Å². The van der Waals surface area contributed by atoms with Crippen LogP contribution in [0.1, 0.15) is 19.3 Å². The lowest BCUT2D eigenvalue weighted by atomic mass is 10.1. The van der Waals surface area contributed by atoms with Gasteiger partial charge in [-0.25, -0.2) is 0 Å². The first kappa shape index (κ1) is 10.5. The lowest BCUT2D eigenvalue weighted by Gasteiger charge is -2.22. The summed E-state index contributed by atoms with van der Waals surface area (Å²) in [6.07, 6.45) is 2.22. The third kappa shape index (κ3) is 3.36. The van der Waals surface area contributed by atoms with Crippen LogP contribution in [0.15, 0.2) is 11.6 Å². The van der Waals surface area contributed by atoms with E-state index in [1.165, 1.54) is 0 Å². The van der Waals surface area contributed by atoms with Crippen molar-refractivity contribution in [1.29, 1.82) is 0 Å². The van der Waals surface area contributed by atoms with Gasteiger partial charge in [-0.1, -0.05) is 18.2 Å². The molecule has 1 N–H and O–H groups in total. The monoisotopic (exact) mass is 203 g/mol. The number of rotatable bonds is 4. The summed E-state index contributed by atoms with van der Waals surface area (Å²) >= 11 is 5.68. The molecule has 74 valence electrons. The van der Waals surface area contributed by atoms with Crippen molar-refractivity contribution in [3.63, 3.8) is 0 Å². The number of aliphatic carboxylic acids is 1. The highest BCUT2D eigenvalue weighted by Crippen LogP contribution is 2.21. The number of carbonyl (C=O) groups is 1. The average Bonchev–Trinajstić information content (AvgIpc) is 2.34. The van der Waals surface area contributed by atoms with E-state index >= 15 is 0 Å². The maximum atomic E-state index is 10.5. The van der Waals surface area contributed by atoms with E-state index < -0.39 is 5.97 Å². The Labute approximate surface area is 83.0 Å². The summed E-state index contributed by atoms with van der Waals surface area (Å²) in [4.78, 5) is 12.6. The average molecular weight is 204 g/mol. The molecule has 0 aromatic rings. The van der Waals surface area contributed by atoms with Crippen LogP contribution >= 0.6 is 11.6 Å². The molecule has 0 aliphatic carbocycles. The highest BCUT2D eigenvalue weighted by atomic mass is 35.5. The van der Waals surface area contributed by atoms with Gasteiger partial charge in [-0.05, 0) is 19.4 Å². The summed E-state index contributed by atoms with van der Waals surface area (Å²) in [5.41, 5.74) is 0. The Morgan fingerprint density at radius 2 is 2.38 bits per heavy atom. The van der Waals surface area contributed by atoms with Gasteiger partial charge in [0, 0.05) is 17.6 Å². The Balaban J connectivity index is 2.43. The van der Waals surface area contributed by atoms with Crippen molar-refractivity contribution < 1.29 is 9.90 Å². The van der Waals surface area contributed by atoms with Crippen LogP contribution in [0.3, 0.4) is 0 Å². The second-order valence-electron chi connectivity index (χ2n) is 3.38. The van der Waals surface area contributed by atoms with Gasteiger partial charge < -0.3 is 5.11 Å². The van der Waals surface area contributed by atoms with Crippen LogP contribution in [0.4, 0.5) is 0 Å². The Hall–Kier alpha value is -0.540. The van der Waals surface area contributed by atoms with E-state index in [2.05, 4.69) is 11.5 Å². The van der Waals surface area contributed by atoms with Crippen molar-refractivity contribution in [2.75, 3.05) is 13.1 Å². The van der Waals surface area contributed by atoms with Gasteiger partial charge in [0.05, 0.1) is 6.42 Å². The molecule has 1 aliphatic heterocycles. The molecule has 0 saturated carbocycles. The number of carboxylic acids is 1. The number of halogens is 1. The molecule has 1 fully saturated rings. The Morgan fingerprint density at radius 1 is 1.69 bits per heavy atom. The highest BCUT2D eigenvalue weighted by Gasteiger charge is 2.26. The van der Waals surface area contributed by atoms with E-state index in [4.69, 9.17) is 16.7 Å². The first-order valence-corrected chi connectivity index (χ1v) is 4.76. The lowest BCUT2D eigenvalue weighted by Crippen LogP contribution is -2.32. The fourth-order valence-electron chi connectivity index (χ4n) is 1.76. The predicted molar refractivity (Wildman–Crippen MR) is 51.8 cm³/mol. The molecule has 1 heterocycles. The summed E-state index contributed by atoms with van der Waals surface area (Å²) in [6.45, 7) is 5.15. The maximum Gasteiger partial charge on any atom is 0.304 e. The van der Waals surface area contributed by atoms with Crippen molar-refractivity contribution >= 4 is 17.6 Å². The van der Waals surface area contributed by atoms with Gasteiger partial charge >= 0.3 is 5.97 Å². The Morgan fingerprint density at radius 3 is 2.92 bits per heavy atom. The third-order valence-electron chi connectivity index (χ3n) is 2.28. The zero-order valence-electron chi connectivity index (χ0n) is 7.50. The number of hydrogen-bond acceptors (Lipinski definition) is 2. The Bertz CT molecular complexity index is 196. The molecule has 0 radical (unpaired) electrons. The van der Waals surface area contributed by atoms with Crippen LogP contribution in [-0.4, -0.2) is 35.1 Å². The summed E-state index contributed by atoms with van der Waals surface area (Å²) in [5.74, 6) is -0.739. The van der Waals surface area contributed by atoms with E-state index in [0.717, 1.165) is 19.4 Å². The standard InChI is InChI=1S/C9H14ClNO2/c1-7(10)6-11-4-2-3-8(11)5-9(12)13/h8H,1-6H2,(H,12,13). The van der Waals surface area contributed by atoms with Crippen molar-refractivity contribution in [2.45, 2.75) is 25.3 Å². The van der Waals surface area contributed by atoms with Gasteiger partial charge in [-0.15, -0.1) is 0 Å². The Kier molecular flexibility index (Phi) is 3.75. The highest BCUT2D eigenvalue weighted by molar-refractivity contribution is 6.29. The molecule has 1 unspecified atom stereocenters. The van der Waals surface area contributed by atoms with Gasteiger partial charge in [0.25, 0.3) is 0 Å². The zero-order valence-corrected chi connectivity index (χ0v) is 8.26. The van der Waals surface area contributed by atoms with Crippen LogP contribution in [0, 0.1) is 0 Å². The molecule has 0 amide bonds. The molecule has 0 spiro atoms. The minimum atomic E-state index is -0.739. The van der Waals surface area contributed by atoms with Crippen LogP contribution in [0.25, 0.3) is 0 Å². The van der Waals surface area contributed by atoms with Gasteiger partial charge in [-0.3, -0.25) is 9.69 Å². The third-order valence-corrected chi connectivity index (χ3v) is 2.40. The molecule has 1 rings (SSSR count). The van der Waals surface area contributed by atoms with E-state index in [1.807, 2.05) is 0 Å². The fourth-order valence-corrected chi connectivity index (χ4v) is 1.91. The zero-order chi connectivity index (χ0) is 9.84. The first-order valence-electron chi connectivity index (χ1n) is 4.38. The van der Waals surface area contributed by atoms with Crippen LogP contribution < -0.4 is 0 Å². The molecule has 1 atom stereocenters. The first-order chi connectivity index (χ1) is 6.09. The van der Waals surface area contributed by atoms with Crippen molar-refractivity contribution in [2.24, 2.45) is 0 Å². The largest absolute Gasteiger partial charge is 0.481 e. The van der Waals surface area contributed by atoms with Gasteiger partial charge in [0.15, 0.2) is 0 Å². The quantitative estimate of drug-likeness (QED) is 0.756. The van der Waals surface area contributed by atoms with Crippen molar-refractivity contribution in [3.8, 4) is 0 Å². The van der Waals surface area contributed by atoms with Crippen molar-refractivity contribution in [1.82, 2.24) is 4.90 Å². The number of nitrogens with zero attached hydrogens (tertiary/aromatic N) is 1. The topological polar surface area (TPSA) is 40.5 Å². The summed E-state index contributed by atoms with van der Waals surface area (Å²) in [5, 5.41) is 9.22. The maximum absolute atomic E-state index is 10.5. The van der Waals surface area contributed by atoms with Gasteiger partial charge in [-0.2, -0.15) is 0 Å². The van der Waals surface area contributed by atoms with E-state index in [-0.39, 0.29) is 12.5 Å². The van der Waals surface area contributed by atoms with Gasteiger partial charge in [0.1, 0.15) is 0 Å².